The Morgan fingerprint density at radius 1 is 1.05 bits per heavy atom. The van der Waals surface area contributed by atoms with Crippen LogP contribution in [0.4, 0.5) is 5.82 Å². The Bertz CT molecular complexity index is 678. The number of thioether (sulfide) groups is 1. The van der Waals surface area contributed by atoms with Crippen LogP contribution < -0.4 is 5.73 Å². The van der Waals surface area contributed by atoms with Crippen molar-refractivity contribution in [1.29, 1.82) is 0 Å². The molecule has 2 aromatic rings. The van der Waals surface area contributed by atoms with E-state index in [9.17, 15) is 4.79 Å². The highest BCUT2D eigenvalue weighted by Gasteiger charge is 2.12. The SMILES string of the molecule is Cc1cc(N)nc(SCC(=O)c2cc(C)c(C)cc2C)n1. The Morgan fingerprint density at radius 2 is 1.71 bits per heavy atom. The van der Waals surface area contributed by atoms with E-state index in [0.717, 1.165) is 22.4 Å². The number of Topliss-reactive ketones (excluding diaryl/α,β-unsaturated/α-hetero) is 1. The molecule has 0 aliphatic heterocycles. The van der Waals surface area contributed by atoms with E-state index < -0.39 is 0 Å². The third-order valence-corrected chi connectivity index (χ3v) is 4.17. The highest BCUT2D eigenvalue weighted by molar-refractivity contribution is 7.99. The van der Waals surface area contributed by atoms with Crippen LogP contribution in [0.5, 0.6) is 0 Å². The van der Waals surface area contributed by atoms with Crippen LogP contribution in [-0.4, -0.2) is 21.5 Å². The standard InChI is InChI=1S/C16H19N3OS/c1-9-5-11(3)13(6-10(9)2)14(20)8-21-16-18-12(4)7-15(17)19-16/h5-7H,8H2,1-4H3,(H2,17,18,19). The fraction of sp³-hybridized carbons (Fsp3) is 0.312. The van der Waals surface area contributed by atoms with E-state index in [1.165, 1.54) is 17.3 Å². The topological polar surface area (TPSA) is 68.9 Å². The number of aryl methyl sites for hydroxylation is 4. The molecule has 0 fully saturated rings. The summed E-state index contributed by atoms with van der Waals surface area (Å²) in [6.45, 7) is 7.89. The number of carbonyl (C=O) groups excluding carboxylic acids is 1. The summed E-state index contributed by atoms with van der Waals surface area (Å²) >= 11 is 1.32. The summed E-state index contributed by atoms with van der Waals surface area (Å²) in [5, 5.41) is 0.544. The van der Waals surface area contributed by atoms with Crippen LogP contribution in [0.1, 0.15) is 32.7 Å². The fourth-order valence-corrected chi connectivity index (χ4v) is 2.89. The van der Waals surface area contributed by atoms with Gasteiger partial charge in [0.1, 0.15) is 5.82 Å². The summed E-state index contributed by atoms with van der Waals surface area (Å²) in [6.07, 6.45) is 0. The average Bonchev–Trinajstić information content (AvgIpc) is 2.39. The zero-order valence-corrected chi connectivity index (χ0v) is 13.5. The van der Waals surface area contributed by atoms with Crippen molar-refractivity contribution in [2.75, 3.05) is 11.5 Å². The highest BCUT2D eigenvalue weighted by atomic mass is 32.2. The summed E-state index contributed by atoms with van der Waals surface area (Å²) in [7, 11) is 0. The first kappa shape index (κ1) is 15.5. The number of carbonyl (C=O) groups is 1. The molecule has 0 unspecified atom stereocenters. The van der Waals surface area contributed by atoms with Gasteiger partial charge in [-0.1, -0.05) is 17.8 Å². The van der Waals surface area contributed by atoms with E-state index in [-0.39, 0.29) is 5.78 Å². The van der Waals surface area contributed by atoms with Gasteiger partial charge in [-0.2, -0.15) is 0 Å². The molecule has 4 nitrogen and oxygen atoms in total. The second-order valence-corrected chi connectivity index (χ2v) is 6.12. The van der Waals surface area contributed by atoms with Crippen molar-refractivity contribution in [3.63, 3.8) is 0 Å². The molecule has 1 aromatic heterocycles. The van der Waals surface area contributed by atoms with Crippen molar-refractivity contribution in [2.45, 2.75) is 32.9 Å². The summed E-state index contributed by atoms with van der Waals surface area (Å²) in [5.41, 5.74) is 10.6. The Kier molecular flexibility index (Phi) is 4.63. The van der Waals surface area contributed by atoms with Gasteiger partial charge >= 0.3 is 0 Å². The van der Waals surface area contributed by atoms with Crippen LogP contribution in [0.15, 0.2) is 23.4 Å². The Labute approximate surface area is 129 Å². The molecule has 0 aliphatic rings. The van der Waals surface area contributed by atoms with E-state index >= 15 is 0 Å². The maximum absolute atomic E-state index is 12.4. The molecule has 0 aliphatic carbocycles. The zero-order chi connectivity index (χ0) is 15.6. The Morgan fingerprint density at radius 3 is 2.38 bits per heavy atom. The van der Waals surface area contributed by atoms with E-state index in [2.05, 4.69) is 16.9 Å². The lowest BCUT2D eigenvalue weighted by Gasteiger charge is -2.09. The van der Waals surface area contributed by atoms with Gasteiger partial charge in [0, 0.05) is 17.3 Å². The lowest BCUT2D eigenvalue weighted by molar-refractivity contribution is 0.102. The van der Waals surface area contributed by atoms with Crippen molar-refractivity contribution >= 4 is 23.4 Å². The molecule has 5 heteroatoms. The van der Waals surface area contributed by atoms with Crippen LogP contribution >= 0.6 is 11.8 Å². The van der Waals surface area contributed by atoms with Crippen molar-refractivity contribution in [1.82, 2.24) is 9.97 Å². The van der Waals surface area contributed by atoms with E-state index in [0.29, 0.717) is 16.7 Å². The average molecular weight is 301 g/mol. The minimum Gasteiger partial charge on any atom is -0.384 e. The van der Waals surface area contributed by atoms with Crippen LogP contribution in [-0.2, 0) is 0 Å². The van der Waals surface area contributed by atoms with E-state index in [1.54, 1.807) is 6.07 Å². The third kappa shape index (κ3) is 3.82. The molecule has 0 saturated carbocycles. The number of nitrogen functional groups attached to an aromatic ring is 1. The number of nitrogens with zero attached hydrogens (tertiary/aromatic N) is 2. The molecule has 21 heavy (non-hydrogen) atoms. The van der Waals surface area contributed by atoms with Gasteiger partial charge < -0.3 is 5.73 Å². The van der Waals surface area contributed by atoms with Gasteiger partial charge in [0.15, 0.2) is 10.9 Å². The second kappa shape index (κ2) is 6.26. The first-order chi connectivity index (χ1) is 9.86. The normalized spacial score (nSPS) is 10.7. The van der Waals surface area contributed by atoms with Gasteiger partial charge in [-0.15, -0.1) is 0 Å². The van der Waals surface area contributed by atoms with Gasteiger partial charge in [-0.3, -0.25) is 4.79 Å². The monoisotopic (exact) mass is 301 g/mol. The summed E-state index contributed by atoms with van der Waals surface area (Å²) in [6, 6.07) is 5.72. The Hall–Kier alpha value is -1.88. The highest BCUT2D eigenvalue weighted by Crippen LogP contribution is 2.20. The fourth-order valence-electron chi connectivity index (χ4n) is 2.10. The number of hydrogen-bond acceptors (Lipinski definition) is 5. The summed E-state index contributed by atoms with van der Waals surface area (Å²) < 4.78 is 0. The second-order valence-electron chi connectivity index (χ2n) is 5.18. The molecule has 2 N–H and O–H groups in total. The molecule has 0 bridgehead atoms. The minimum atomic E-state index is 0.0873. The van der Waals surface area contributed by atoms with Crippen LogP contribution in [0.3, 0.4) is 0 Å². The number of rotatable bonds is 4. The van der Waals surface area contributed by atoms with Crippen molar-refractivity contribution in [3.05, 3.63) is 46.1 Å². The first-order valence-corrected chi connectivity index (χ1v) is 7.70. The number of ketones is 1. The number of nitrogens with two attached hydrogens (primary N) is 1. The van der Waals surface area contributed by atoms with Crippen molar-refractivity contribution in [3.8, 4) is 0 Å². The number of aromatic nitrogens is 2. The Balaban J connectivity index is 2.13. The molecular weight excluding hydrogens is 282 g/mol. The molecule has 0 atom stereocenters. The maximum atomic E-state index is 12.4. The molecule has 0 amide bonds. The third-order valence-electron chi connectivity index (χ3n) is 3.33. The molecule has 0 saturated heterocycles. The number of hydrogen-bond donors (Lipinski definition) is 1. The molecule has 0 spiro atoms. The predicted octanol–water partition coefficient (Wildman–Crippen LogP) is 3.27. The van der Waals surface area contributed by atoms with Crippen LogP contribution in [0, 0.1) is 27.7 Å². The van der Waals surface area contributed by atoms with Crippen LogP contribution in [0.25, 0.3) is 0 Å². The van der Waals surface area contributed by atoms with Crippen molar-refractivity contribution < 1.29 is 4.79 Å². The smallest absolute Gasteiger partial charge is 0.190 e. The molecule has 1 aromatic carbocycles. The van der Waals surface area contributed by atoms with Gasteiger partial charge in [0.25, 0.3) is 0 Å². The number of anilines is 1. The zero-order valence-electron chi connectivity index (χ0n) is 12.7. The van der Waals surface area contributed by atoms with Gasteiger partial charge in [0.2, 0.25) is 0 Å². The van der Waals surface area contributed by atoms with Crippen LogP contribution in [0.2, 0.25) is 0 Å². The maximum Gasteiger partial charge on any atom is 0.190 e. The first-order valence-electron chi connectivity index (χ1n) is 6.72. The van der Waals surface area contributed by atoms with Gasteiger partial charge in [-0.25, -0.2) is 9.97 Å². The largest absolute Gasteiger partial charge is 0.384 e. The quantitative estimate of drug-likeness (QED) is 0.533. The van der Waals surface area contributed by atoms with E-state index in [4.69, 9.17) is 5.73 Å². The van der Waals surface area contributed by atoms with Crippen molar-refractivity contribution in [2.24, 2.45) is 0 Å². The summed E-state index contributed by atoms with van der Waals surface area (Å²) in [5.74, 6) is 0.829. The molecule has 0 radical (unpaired) electrons. The number of benzene rings is 1. The predicted molar refractivity (Wildman–Crippen MR) is 86.9 cm³/mol. The van der Waals surface area contributed by atoms with E-state index in [1.807, 2.05) is 32.9 Å². The molecule has 110 valence electrons. The lowest BCUT2D eigenvalue weighted by Crippen LogP contribution is -2.07. The summed E-state index contributed by atoms with van der Waals surface area (Å²) in [4.78, 5) is 20.8. The lowest BCUT2D eigenvalue weighted by atomic mass is 9.99. The molecular formula is C16H19N3OS. The van der Waals surface area contributed by atoms with Gasteiger partial charge in [-0.05, 0) is 50.5 Å². The minimum absolute atomic E-state index is 0.0873. The van der Waals surface area contributed by atoms with Gasteiger partial charge in [0.05, 0.1) is 5.75 Å². The molecule has 2 rings (SSSR count). The molecule has 1 heterocycles.